The number of alkyl halides is 3. The van der Waals surface area contributed by atoms with Crippen LogP contribution < -0.4 is 21.2 Å². The maximum Gasteiger partial charge on any atom is 0.416 e. The summed E-state index contributed by atoms with van der Waals surface area (Å²) < 4.78 is 38.4. The van der Waals surface area contributed by atoms with Gasteiger partial charge in [0.25, 0.3) is 0 Å². The molecule has 0 atom stereocenters. The summed E-state index contributed by atoms with van der Waals surface area (Å²) in [7, 11) is 0. The van der Waals surface area contributed by atoms with Gasteiger partial charge in [0, 0.05) is 10.8 Å². The monoisotopic (exact) mass is 527 g/mol. The van der Waals surface area contributed by atoms with E-state index in [1.165, 1.54) is 40.8 Å². The molecule has 5 rings (SSSR count). The molecule has 0 saturated carbocycles. The lowest BCUT2D eigenvalue weighted by molar-refractivity contribution is -0.592. The van der Waals surface area contributed by atoms with Crippen LogP contribution in [0.2, 0.25) is 0 Å². The normalized spacial score (nSPS) is 11.2. The molecule has 0 fully saturated rings. The van der Waals surface area contributed by atoms with Crippen molar-refractivity contribution in [2.45, 2.75) is 6.18 Å². The lowest BCUT2D eigenvalue weighted by atomic mass is 10.1. The van der Waals surface area contributed by atoms with Crippen LogP contribution in [0.25, 0.3) is 21.5 Å². The Morgan fingerprint density at radius 3 is 1.32 bits per heavy atom. The second-order valence-corrected chi connectivity index (χ2v) is 9.74. The summed E-state index contributed by atoms with van der Waals surface area (Å²) in [5.41, 5.74) is -0.602. The molecule has 0 saturated heterocycles. The molecule has 154 valence electrons. The molecule has 4 heteroatoms. The topological polar surface area (TPSA) is 0 Å². The van der Waals surface area contributed by atoms with Crippen LogP contribution in [0, 0.1) is 7.14 Å². The number of fused-ring (bicyclic) bond motifs is 2. The van der Waals surface area contributed by atoms with Crippen LogP contribution in [-0.4, -0.2) is 0 Å². The summed E-state index contributed by atoms with van der Waals surface area (Å²) in [4.78, 5) is 0. The van der Waals surface area contributed by atoms with Crippen molar-refractivity contribution in [2.24, 2.45) is 0 Å². The number of rotatable bonds is 2. The van der Waals surface area contributed by atoms with E-state index in [0.717, 1.165) is 12.1 Å². The predicted molar refractivity (Wildman–Crippen MR) is 117 cm³/mol. The average molecular weight is 527 g/mol. The van der Waals surface area contributed by atoms with Gasteiger partial charge in [0.05, 0.1) is 5.56 Å². The first kappa shape index (κ1) is 21.4. The van der Waals surface area contributed by atoms with Crippen LogP contribution >= 0.6 is 0 Å². The van der Waals surface area contributed by atoms with Gasteiger partial charge in [-0.15, -0.1) is 0 Å². The van der Waals surface area contributed by atoms with Gasteiger partial charge < -0.3 is 0 Å². The van der Waals surface area contributed by atoms with E-state index in [2.05, 4.69) is 84.9 Å². The lowest BCUT2D eigenvalue weighted by Crippen LogP contribution is -3.61. The summed E-state index contributed by atoms with van der Waals surface area (Å²) in [5.74, 6) is 0. The van der Waals surface area contributed by atoms with Gasteiger partial charge in [0.15, 0.2) is 0 Å². The van der Waals surface area contributed by atoms with Crippen LogP contribution in [0.15, 0.2) is 115 Å². The maximum absolute atomic E-state index is 11.8. The Kier molecular flexibility index (Phi) is 6.56. The first-order chi connectivity index (χ1) is 15.0. The lowest BCUT2D eigenvalue weighted by Gasteiger charge is -2.03. The fourth-order valence-electron chi connectivity index (χ4n) is 3.27. The fraction of sp³-hybridized carbons (Fsp3) is 0.0370. The number of benzene rings is 5. The molecule has 5 aromatic carbocycles. The second kappa shape index (κ2) is 9.52. The first-order valence-electron chi connectivity index (χ1n) is 9.75. The Morgan fingerprint density at radius 2 is 0.871 bits per heavy atom. The summed E-state index contributed by atoms with van der Waals surface area (Å²) in [6, 6.07) is 37.1. The molecule has 0 N–H and O–H groups in total. The quantitative estimate of drug-likeness (QED) is 0.289. The summed E-state index contributed by atoms with van der Waals surface area (Å²) in [6.07, 6.45) is -4.21. The van der Waals surface area contributed by atoms with E-state index in [1.54, 1.807) is 6.07 Å². The zero-order valence-electron chi connectivity index (χ0n) is 16.5. The smallest absolute Gasteiger partial charge is 0.166 e. The van der Waals surface area contributed by atoms with Gasteiger partial charge >= 0.3 is 27.4 Å². The number of hydrogen-bond acceptors (Lipinski definition) is 0. The average Bonchev–Trinajstić information content (AvgIpc) is 2.80. The van der Waals surface area contributed by atoms with Crippen molar-refractivity contribution in [3.8, 4) is 0 Å². The van der Waals surface area contributed by atoms with E-state index in [-0.39, 0.29) is 21.2 Å². The molecule has 31 heavy (non-hydrogen) atoms. The standard InChI is InChI=1S/C20H14I.C7H5F3/c1-3-11-17-15(7-1)9-5-13-19(17)21-20-14-6-10-16-8-2-4-12-18(16)20;8-7(9,10)6-4-2-1-3-5-6/h1-14H;1-5H/q+1;. The third-order valence-corrected chi connectivity index (χ3v) is 7.82. The molecular formula is C27H19F3I+. The van der Waals surface area contributed by atoms with Crippen molar-refractivity contribution in [2.75, 3.05) is 0 Å². The van der Waals surface area contributed by atoms with E-state index in [4.69, 9.17) is 0 Å². The van der Waals surface area contributed by atoms with Crippen LogP contribution in [-0.2, 0) is 6.18 Å². The highest BCUT2D eigenvalue weighted by atomic mass is 127. The van der Waals surface area contributed by atoms with Crippen molar-refractivity contribution in [3.05, 3.63) is 128 Å². The van der Waals surface area contributed by atoms with Crippen LogP contribution in [0.3, 0.4) is 0 Å². The van der Waals surface area contributed by atoms with E-state index >= 15 is 0 Å². The van der Waals surface area contributed by atoms with E-state index in [1.807, 2.05) is 0 Å². The molecule has 0 nitrogen and oxygen atoms in total. The van der Waals surface area contributed by atoms with Gasteiger partial charge in [-0.1, -0.05) is 91.0 Å². The fourth-order valence-corrected chi connectivity index (χ4v) is 6.24. The molecular weight excluding hydrogens is 508 g/mol. The minimum atomic E-state index is -4.21. The Morgan fingerprint density at radius 1 is 0.452 bits per heavy atom. The van der Waals surface area contributed by atoms with Crippen LogP contribution in [0.1, 0.15) is 5.56 Å². The minimum absolute atomic E-state index is 0.176. The van der Waals surface area contributed by atoms with Crippen molar-refractivity contribution in [1.29, 1.82) is 0 Å². The van der Waals surface area contributed by atoms with E-state index < -0.39 is 11.7 Å². The second-order valence-electron chi connectivity index (χ2n) is 6.88. The highest BCUT2D eigenvalue weighted by Crippen LogP contribution is 2.28. The van der Waals surface area contributed by atoms with Crippen molar-refractivity contribution >= 4 is 21.5 Å². The van der Waals surface area contributed by atoms with Crippen LogP contribution in [0.4, 0.5) is 13.2 Å². The highest BCUT2D eigenvalue weighted by molar-refractivity contribution is 5.83. The first-order valence-corrected chi connectivity index (χ1v) is 11.9. The Balaban J connectivity index is 0.000000196. The van der Waals surface area contributed by atoms with Crippen LogP contribution in [0.5, 0.6) is 0 Å². The van der Waals surface area contributed by atoms with Gasteiger partial charge in [0.1, 0.15) is 0 Å². The molecule has 0 aliphatic carbocycles. The van der Waals surface area contributed by atoms with Gasteiger partial charge in [-0.25, -0.2) is 0 Å². The van der Waals surface area contributed by atoms with Gasteiger partial charge in [-0.2, -0.15) is 13.2 Å². The molecule has 0 heterocycles. The third-order valence-electron chi connectivity index (χ3n) is 4.78. The summed E-state index contributed by atoms with van der Waals surface area (Å²) >= 11 is -0.176. The van der Waals surface area contributed by atoms with E-state index in [9.17, 15) is 13.2 Å². The summed E-state index contributed by atoms with van der Waals surface area (Å²) in [6.45, 7) is 0. The third kappa shape index (κ3) is 5.25. The molecule has 0 amide bonds. The van der Waals surface area contributed by atoms with Crippen molar-refractivity contribution in [1.82, 2.24) is 0 Å². The Hall–Kier alpha value is -2.86. The zero-order valence-corrected chi connectivity index (χ0v) is 18.6. The van der Waals surface area contributed by atoms with E-state index in [0.29, 0.717) is 0 Å². The minimum Gasteiger partial charge on any atom is -0.166 e. The predicted octanol–water partition coefficient (Wildman–Crippen LogP) is 4.83. The molecule has 0 unspecified atom stereocenters. The van der Waals surface area contributed by atoms with Crippen molar-refractivity contribution in [3.63, 3.8) is 0 Å². The highest BCUT2D eigenvalue weighted by Gasteiger charge is 2.29. The van der Waals surface area contributed by atoms with Crippen molar-refractivity contribution < 1.29 is 34.4 Å². The molecule has 0 aromatic heterocycles. The molecule has 0 aliphatic rings. The number of hydrogen-bond donors (Lipinski definition) is 0. The zero-order chi connectivity index (χ0) is 21.7. The SMILES string of the molecule is FC(F)(F)c1ccccc1.c1ccc2c([I+]c3cccc4ccccc34)cccc2c1. The maximum atomic E-state index is 11.8. The van der Waals surface area contributed by atoms with Gasteiger partial charge in [-0.3, -0.25) is 0 Å². The molecule has 0 aliphatic heterocycles. The number of halogens is 4. The molecule has 0 radical (unpaired) electrons. The summed E-state index contributed by atoms with van der Waals surface area (Å²) in [5, 5.41) is 5.49. The molecule has 5 aromatic rings. The Bertz CT molecular complexity index is 1210. The Labute approximate surface area is 189 Å². The van der Waals surface area contributed by atoms with Gasteiger partial charge in [0.2, 0.25) is 7.14 Å². The van der Waals surface area contributed by atoms with Gasteiger partial charge in [-0.05, 0) is 35.0 Å². The largest absolute Gasteiger partial charge is 0.416 e. The molecule has 0 spiro atoms. The molecule has 0 bridgehead atoms.